The first-order valence-corrected chi connectivity index (χ1v) is 10.4. The van der Waals surface area contributed by atoms with Crippen molar-refractivity contribution >= 4 is 23.5 Å². The summed E-state index contributed by atoms with van der Waals surface area (Å²) < 4.78 is 0. The van der Waals surface area contributed by atoms with Gasteiger partial charge in [0, 0.05) is 38.1 Å². The zero-order chi connectivity index (χ0) is 22.8. The number of allylic oxidation sites excluding steroid dienone is 2. The number of aliphatic carboxylic acids is 2. The lowest BCUT2D eigenvalue weighted by molar-refractivity contribution is -0.139. The highest BCUT2D eigenvalue weighted by Crippen LogP contribution is 2.18. The maximum atomic E-state index is 12.4. The molecule has 4 N–H and O–H groups in total. The van der Waals surface area contributed by atoms with Crippen molar-refractivity contribution in [3.63, 3.8) is 0 Å². The van der Waals surface area contributed by atoms with Gasteiger partial charge < -0.3 is 20.8 Å². The number of carbonyl (C=O) groups is 4. The van der Waals surface area contributed by atoms with Crippen LogP contribution in [0.5, 0.6) is 0 Å². The molecule has 8 nitrogen and oxygen atoms in total. The van der Waals surface area contributed by atoms with Gasteiger partial charge in [-0.15, -0.1) is 0 Å². The smallest absolute Gasteiger partial charge is 0.303 e. The largest absolute Gasteiger partial charge is 0.481 e. The van der Waals surface area contributed by atoms with Crippen molar-refractivity contribution in [3.8, 4) is 0 Å². The normalized spacial score (nSPS) is 16.2. The van der Waals surface area contributed by atoms with Gasteiger partial charge in [0.25, 0.3) is 0 Å². The van der Waals surface area contributed by atoms with Gasteiger partial charge in [0.05, 0.1) is 11.4 Å². The number of ketones is 2. The van der Waals surface area contributed by atoms with Crippen molar-refractivity contribution in [3.05, 3.63) is 23.5 Å². The first-order valence-electron chi connectivity index (χ1n) is 10.4. The predicted molar refractivity (Wildman–Crippen MR) is 113 cm³/mol. The summed E-state index contributed by atoms with van der Waals surface area (Å²) in [6, 6.07) is 0. The summed E-state index contributed by atoms with van der Waals surface area (Å²) in [5.74, 6) is -2.20. The second kappa shape index (κ2) is 12.1. The Morgan fingerprint density at radius 3 is 1.37 bits per heavy atom. The summed E-state index contributed by atoms with van der Waals surface area (Å²) in [6.07, 6.45) is 3.80. The molecule has 0 spiro atoms. The minimum atomic E-state index is -0.897. The highest BCUT2D eigenvalue weighted by Gasteiger charge is 2.23. The van der Waals surface area contributed by atoms with Crippen molar-refractivity contribution in [1.29, 1.82) is 0 Å². The molecule has 0 fully saturated rings. The Morgan fingerprint density at radius 1 is 0.767 bits per heavy atom. The molecular formula is C22H34N2O6. The van der Waals surface area contributed by atoms with Crippen molar-refractivity contribution in [2.45, 2.75) is 53.4 Å². The fraction of sp³-hybridized carbons (Fsp3) is 0.636. The van der Waals surface area contributed by atoms with Gasteiger partial charge in [-0.2, -0.15) is 0 Å². The number of hydrogen-bond acceptors (Lipinski definition) is 6. The third-order valence-corrected chi connectivity index (χ3v) is 4.78. The molecule has 1 aliphatic carbocycles. The quantitative estimate of drug-likeness (QED) is 0.314. The molecule has 0 unspecified atom stereocenters. The lowest BCUT2D eigenvalue weighted by atomic mass is 9.93. The minimum absolute atomic E-state index is 0.00986. The molecule has 0 radical (unpaired) electrons. The van der Waals surface area contributed by atoms with E-state index in [-0.39, 0.29) is 47.6 Å². The van der Waals surface area contributed by atoms with Gasteiger partial charge in [-0.05, 0) is 36.5 Å². The number of hydrogen-bond donors (Lipinski definition) is 4. The Labute approximate surface area is 177 Å². The Morgan fingerprint density at radius 2 is 1.10 bits per heavy atom. The Kier molecular flexibility index (Phi) is 10.3. The van der Waals surface area contributed by atoms with Crippen LogP contribution in [0.15, 0.2) is 23.5 Å². The van der Waals surface area contributed by atoms with E-state index in [2.05, 4.69) is 10.6 Å². The van der Waals surface area contributed by atoms with E-state index in [4.69, 9.17) is 10.2 Å². The first kappa shape index (κ1) is 25.4. The Bertz CT molecular complexity index is 648. The van der Waals surface area contributed by atoms with E-state index >= 15 is 0 Å². The highest BCUT2D eigenvalue weighted by molar-refractivity contribution is 6.19. The average molecular weight is 423 g/mol. The maximum absolute atomic E-state index is 12.4. The molecule has 0 bridgehead atoms. The van der Waals surface area contributed by atoms with Crippen LogP contribution in [0.1, 0.15) is 53.4 Å². The summed E-state index contributed by atoms with van der Waals surface area (Å²) in [7, 11) is 0. The second-order valence-corrected chi connectivity index (χ2v) is 8.79. The Hall–Kier alpha value is -2.64. The van der Waals surface area contributed by atoms with Crippen LogP contribution >= 0.6 is 0 Å². The van der Waals surface area contributed by atoms with Crippen LogP contribution in [0.25, 0.3) is 0 Å². The summed E-state index contributed by atoms with van der Waals surface area (Å²) in [5.41, 5.74) is 0.294. The molecular weight excluding hydrogens is 388 g/mol. The van der Waals surface area contributed by atoms with E-state index < -0.39 is 11.9 Å². The predicted octanol–water partition coefficient (Wildman–Crippen LogP) is 2.36. The topological polar surface area (TPSA) is 133 Å². The molecule has 0 amide bonds. The van der Waals surface area contributed by atoms with Gasteiger partial charge >= 0.3 is 11.9 Å². The highest BCUT2D eigenvalue weighted by atomic mass is 16.4. The standard InChI is InChI=1S/C22H34N2O6/c1-13(2)5-15(7-21(27)28)11-23-17-9-20(26)18(10-19(17)25)24-12-16(6-14(3)4)8-22(29)30/h9-10,13-16,23-24H,5-8,11-12H2,1-4H3,(H,27,28)(H,29,30)/t15-,16-/m0/s1. The monoisotopic (exact) mass is 422 g/mol. The van der Waals surface area contributed by atoms with Crippen LogP contribution in [-0.2, 0) is 19.2 Å². The zero-order valence-electron chi connectivity index (χ0n) is 18.2. The lowest BCUT2D eigenvalue weighted by Gasteiger charge is -2.22. The SMILES string of the molecule is CC(C)C[C@H](CNC1=CC(=O)C(NC[C@H](CC(=O)O)CC(C)C)=CC1=O)CC(=O)O. The Balaban J connectivity index is 2.69. The van der Waals surface area contributed by atoms with Crippen LogP contribution in [-0.4, -0.2) is 46.8 Å². The summed E-state index contributed by atoms with van der Waals surface area (Å²) in [6.45, 7) is 8.59. The van der Waals surface area contributed by atoms with Gasteiger partial charge in [-0.1, -0.05) is 27.7 Å². The fourth-order valence-corrected chi connectivity index (χ4v) is 3.65. The maximum Gasteiger partial charge on any atom is 0.303 e. The van der Waals surface area contributed by atoms with Crippen molar-refractivity contribution < 1.29 is 29.4 Å². The molecule has 0 aliphatic heterocycles. The van der Waals surface area contributed by atoms with Crippen LogP contribution in [0.2, 0.25) is 0 Å². The van der Waals surface area contributed by atoms with Crippen molar-refractivity contribution in [1.82, 2.24) is 10.6 Å². The number of nitrogens with one attached hydrogen (secondary N) is 2. The number of carboxylic acid groups (broad SMARTS) is 2. The molecule has 8 heteroatoms. The van der Waals surface area contributed by atoms with Crippen LogP contribution < -0.4 is 10.6 Å². The van der Waals surface area contributed by atoms with Gasteiger partial charge in [0.15, 0.2) is 0 Å². The molecule has 0 heterocycles. The summed E-state index contributed by atoms with van der Waals surface area (Å²) in [5, 5.41) is 24.0. The van der Waals surface area contributed by atoms with Gasteiger partial charge in [-0.3, -0.25) is 19.2 Å². The summed E-state index contributed by atoms with van der Waals surface area (Å²) in [4.78, 5) is 46.9. The lowest BCUT2D eigenvalue weighted by Crippen LogP contribution is -2.34. The molecule has 0 saturated heterocycles. The van der Waals surface area contributed by atoms with E-state index in [1.807, 2.05) is 27.7 Å². The van der Waals surface area contributed by atoms with Crippen LogP contribution in [0, 0.1) is 23.7 Å². The minimum Gasteiger partial charge on any atom is -0.481 e. The fourth-order valence-electron chi connectivity index (χ4n) is 3.65. The molecule has 0 aromatic rings. The third kappa shape index (κ3) is 9.71. The van der Waals surface area contributed by atoms with Gasteiger partial charge in [0.2, 0.25) is 11.6 Å². The average Bonchev–Trinajstić information content (AvgIpc) is 2.58. The molecule has 0 saturated carbocycles. The number of carboxylic acids is 2. The summed E-state index contributed by atoms with van der Waals surface area (Å²) >= 11 is 0. The molecule has 2 atom stereocenters. The molecule has 168 valence electrons. The van der Waals surface area contributed by atoms with E-state index in [1.54, 1.807) is 0 Å². The molecule has 1 aliphatic rings. The first-order chi connectivity index (χ1) is 14.0. The zero-order valence-corrected chi connectivity index (χ0v) is 18.2. The van der Waals surface area contributed by atoms with E-state index in [9.17, 15) is 19.2 Å². The molecule has 1 rings (SSSR count). The van der Waals surface area contributed by atoms with Crippen LogP contribution in [0.4, 0.5) is 0 Å². The van der Waals surface area contributed by atoms with Gasteiger partial charge in [-0.25, -0.2) is 0 Å². The molecule has 0 aromatic carbocycles. The van der Waals surface area contributed by atoms with Crippen molar-refractivity contribution in [2.24, 2.45) is 23.7 Å². The van der Waals surface area contributed by atoms with Gasteiger partial charge in [0.1, 0.15) is 0 Å². The molecule has 0 aromatic heterocycles. The van der Waals surface area contributed by atoms with Crippen molar-refractivity contribution in [2.75, 3.05) is 13.1 Å². The number of rotatable bonds is 14. The van der Waals surface area contributed by atoms with Crippen LogP contribution in [0.3, 0.4) is 0 Å². The second-order valence-electron chi connectivity index (χ2n) is 8.79. The van der Waals surface area contributed by atoms with E-state index in [0.29, 0.717) is 37.8 Å². The van der Waals surface area contributed by atoms with E-state index in [1.165, 1.54) is 12.2 Å². The van der Waals surface area contributed by atoms with E-state index in [0.717, 1.165) is 0 Å². The third-order valence-electron chi connectivity index (χ3n) is 4.78. The molecule has 30 heavy (non-hydrogen) atoms. The number of carbonyl (C=O) groups excluding carboxylic acids is 2.